The fourth-order valence-corrected chi connectivity index (χ4v) is 4.41. The molecule has 2 rings (SSSR count). The van der Waals surface area contributed by atoms with Crippen molar-refractivity contribution in [2.24, 2.45) is 0 Å². The van der Waals surface area contributed by atoms with E-state index in [0.29, 0.717) is 44.2 Å². The fraction of sp³-hybridized carbons (Fsp3) is 0.500. The van der Waals surface area contributed by atoms with E-state index in [0.717, 1.165) is 10.4 Å². The number of carbonyl (C=O) groups excluding carboxylic acids is 2. The van der Waals surface area contributed by atoms with E-state index in [-0.39, 0.29) is 30.7 Å². The Kier molecular flexibility index (Phi) is 11.5. The molecule has 182 valence electrons. The minimum Gasteiger partial charge on any atom is -0.493 e. The van der Waals surface area contributed by atoms with E-state index in [4.69, 9.17) is 25.8 Å². The van der Waals surface area contributed by atoms with Gasteiger partial charge >= 0.3 is 0 Å². The van der Waals surface area contributed by atoms with Crippen LogP contribution in [0.25, 0.3) is 0 Å². The number of amides is 2. The maximum Gasteiger partial charge on any atom is 0.242 e. The Morgan fingerprint density at radius 3 is 2.33 bits per heavy atom. The zero-order valence-corrected chi connectivity index (χ0v) is 21.3. The number of thiophene rings is 1. The number of nitrogens with zero attached hydrogens (tertiary/aromatic N) is 2. The van der Waals surface area contributed by atoms with Gasteiger partial charge in [0, 0.05) is 42.3 Å². The number of carbonyl (C=O) groups is 2. The van der Waals surface area contributed by atoms with Gasteiger partial charge in [-0.05, 0) is 43.2 Å². The summed E-state index contributed by atoms with van der Waals surface area (Å²) >= 11 is 7.42. The number of aryl methyl sites for hydroxylation is 1. The van der Waals surface area contributed by atoms with E-state index in [1.807, 2.05) is 37.3 Å². The lowest BCUT2D eigenvalue weighted by Gasteiger charge is -2.27. The molecule has 0 aliphatic rings. The monoisotopic (exact) mass is 496 g/mol. The standard InChI is InChI=1S/C24H33ClN2O5S/c1-18-5-7-20(33-18)16-26(12-10-19-6-8-21(31-3)22(15-19)32-4)24(29)17-27(13-14-30-2)23(28)9-11-25/h5-8,15H,9-14,16-17H2,1-4H3. The summed E-state index contributed by atoms with van der Waals surface area (Å²) in [4.78, 5) is 31.4. The van der Waals surface area contributed by atoms with E-state index >= 15 is 0 Å². The third-order valence-corrected chi connectivity index (χ3v) is 6.34. The summed E-state index contributed by atoms with van der Waals surface area (Å²) in [6.07, 6.45) is 0.832. The van der Waals surface area contributed by atoms with E-state index < -0.39 is 0 Å². The fourth-order valence-electron chi connectivity index (χ4n) is 3.35. The number of hydrogen-bond acceptors (Lipinski definition) is 6. The highest BCUT2D eigenvalue weighted by Gasteiger charge is 2.22. The molecule has 1 aromatic heterocycles. The van der Waals surface area contributed by atoms with Crippen molar-refractivity contribution >= 4 is 34.8 Å². The molecule has 0 radical (unpaired) electrons. The normalized spacial score (nSPS) is 10.7. The van der Waals surface area contributed by atoms with Gasteiger partial charge in [-0.1, -0.05) is 6.07 Å². The summed E-state index contributed by atoms with van der Waals surface area (Å²) in [6, 6.07) is 9.84. The maximum atomic E-state index is 13.3. The average Bonchev–Trinajstić information content (AvgIpc) is 3.23. The molecule has 0 aliphatic carbocycles. The zero-order chi connectivity index (χ0) is 24.2. The van der Waals surface area contributed by atoms with Crippen LogP contribution in [0.5, 0.6) is 11.5 Å². The van der Waals surface area contributed by atoms with Crippen LogP contribution in [0.15, 0.2) is 30.3 Å². The molecule has 0 N–H and O–H groups in total. The van der Waals surface area contributed by atoms with Crippen LogP contribution in [0.1, 0.15) is 21.7 Å². The third kappa shape index (κ3) is 8.53. The lowest BCUT2D eigenvalue weighted by molar-refractivity contribution is -0.141. The average molecular weight is 497 g/mol. The van der Waals surface area contributed by atoms with Crippen molar-refractivity contribution in [2.75, 3.05) is 53.5 Å². The van der Waals surface area contributed by atoms with Crippen LogP contribution in [0.3, 0.4) is 0 Å². The molecule has 0 saturated carbocycles. The van der Waals surface area contributed by atoms with Crippen LogP contribution in [-0.2, 0) is 27.3 Å². The second kappa shape index (κ2) is 14.1. The molecule has 0 atom stereocenters. The van der Waals surface area contributed by atoms with Gasteiger partial charge < -0.3 is 24.0 Å². The van der Waals surface area contributed by atoms with Gasteiger partial charge in [-0.25, -0.2) is 0 Å². The number of alkyl halides is 1. The van der Waals surface area contributed by atoms with Gasteiger partial charge in [0.2, 0.25) is 11.8 Å². The number of rotatable bonds is 14. The van der Waals surface area contributed by atoms with Crippen molar-refractivity contribution in [1.82, 2.24) is 9.80 Å². The molecule has 7 nitrogen and oxygen atoms in total. The SMILES string of the molecule is COCCN(CC(=O)N(CCc1ccc(OC)c(OC)c1)Cc1ccc(C)s1)C(=O)CCCl. The Bertz CT molecular complexity index is 905. The first-order valence-electron chi connectivity index (χ1n) is 10.8. The minimum atomic E-state index is -0.151. The van der Waals surface area contributed by atoms with Gasteiger partial charge in [0.05, 0.1) is 33.9 Å². The molecule has 2 amide bonds. The Balaban J connectivity index is 2.16. The number of hydrogen-bond donors (Lipinski definition) is 0. The predicted molar refractivity (Wildman–Crippen MR) is 132 cm³/mol. The van der Waals surface area contributed by atoms with Gasteiger partial charge in [-0.15, -0.1) is 22.9 Å². The lowest BCUT2D eigenvalue weighted by Crippen LogP contribution is -2.44. The molecule has 9 heteroatoms. The van der Waals surface area contributed by atoms with Crippen LogP contribution in [0.4, 0.5) is 0 Å². The number of halogens is 1. The first kappa shape index (κ1) is 27.0. The minimum absolute atomic E-state index is 0.00459. The van der Waals surface area contributed by atoms with Gasteiger partial charge in [0.1, 0.15) is 0 Å². The summed E-state index contributed by atoms with van der Waals surface area (Å²) in [5.74, 6) is 1.27. The predicted octanol–water partition coefficient (Wildman–Crippen LogP) is 3.75. The number of methoxy groups -OCH3 is 3. The molecule has 0 bridgehead atoms. The summed E-state index contributed by atoms with van der Waals surface area (Å²) in [5, 5.41) is 0. The molecular weight excluding hydrogens is 464 g/mol. The lowest BCUT2D eigenvalue weighted by atomic mass is 10.1. The van der Waals surface area contributed by atoms with E-state index in [1.165, 1.54) is 9.78 Å². The van der Waals surface area contributed by atoms with Crippen molar-refractivity contribution in [2.45, 2.75) is 26.3 Å². The topological polar surface area (TPSA) is 68.3 Å². The maximum absolute atomic E-state index is 13.3. The highest BCUT2D eigenvalue weighted by Crippen LogP contribution is 2.28. The molecule has 1 heterocycles. The van der Waals surface area contributed by atoms with Crippen LogP contribution >= 0.6 is 22.9 Å². The van der Waals surface area contributed by atoms with Crippen molar-refractivity contribution < 1.29 is 23.8 Å². The number of benzene rings is 1. The Hall–Kier alpha value is -2.29. The number of ether oxygens (including phenoxy) is 3. The van der Waals surface area contributed by atoms with E-state index in [2.05, 4.69) is 0 Å². The second-order valence-corrected chi connectivity index (χ2v) is 9.26. The van der Waals surface area contributed by atoms with E-state index in [1.54, 1.807) is 37.6 Å². The van der Waals surface area contributed by atoms with Crippen LogP contribution in [-0.4, -0.2) is 75.1 Å². The van der Waals surface area contributed by atoms with Crippen LogP contribution in [0, 0.1) is 6.92 Å². The first-order valence-corrected chi connectivity index (χ1v) is 12.1. The highest BCUT2D eigenvalue weighted by molar-refractivity contribution is 7.11. The van der Waals surface area contributed by atoms with Crippen molar-refractivity contribution in [3.8, 4) is 11.5 Å². The highest BCUT2D eigenvalue weighted by atomic mass is 35.5. The summed E-state index contributed by atoms with van der Waals surface area (Å²) < 4.78 is 15.8. The molecule has 0 unspecified atom stereocenters. The van der Waals surface area contributed by atoms with E-state index in [9.17, 15) is 9.59 Å². The first-order chi connectivity index (χ1) is 15.9. The van der Waals surface area contributed by atoms with Gasteiger partial charge in [-0.3, -0.25) is 9.59 Å². The Morgan fingerprint density at radius 1 is 0.970 bits per heavy atom. The molecule has 0 spiro atoms. The molecule has 2 aromatic rings. The molecule has 0 saturated heterocycles. The van der Waals surface area contributed by atoms with Crippen molar-refractivity contribution in [3.63, 3.8) is 0 Å². The third-order valence-electron chi connectivity index (χ3n) is 5.17. The summed E-state index contributed by atoms with van der Waals surface area (Å²) in [5.41, 5.74) is 1.03. The largest absolute Gasteiger partial charge is 0.493 e. The van der Waals surface area contributed by atoms with Crippen molar-refractivity contribution in [1.29, 1.82) is 0 Å². The van der Waals surface area contributed by atoms with Gasteiger partial charge in [0.25, 0.3) is 0 Å². The zero-order valence-electron chi connectivity index (χ0n) is 19.8. The van der Waals surface area contributed by atoms with Crippen LogP contribution < -0.4 is 9.47 Å². The van der Waals surface area contributed by atoms with Gasteiger partial charge in [0.15, 0.2) is 11.5 Å². The van der Waals surface area contributed by atoms with Gasteiger partial charge in [-0.2, -0.15) is 0 Å². The molecule has 0 aliphatic heterocycles. The smallest absolute Gasteiger partial charge is 0.242 e. The Labute approximate surface area is 205 Å². The summed E-state index contributed by atoms with van der Waals surface area (Å²) in [6.45, 7) is 3.74. The Morgan fingerprint density at radius 2 is 1.73 bits per heavy atom. The molecule has 1 aromatic carbocycles. The summed E-state index contributed by atoms with van der Waals surface area (Å²) in [7, 11) is 4.77. The molecule has 33 heavy (non-hydrogen) atoms. The van der Waals surface area contributed by atoms with Crippen molar-refractivity contribution in [3.05, 3.63) is 45.6 Å². The molecular formula is C24H33ClN2O5S. The van der Waals surface area contributed by atoms with Crippen LogP contribution in [0.2, 0.25) is 0 Å². The quantitative estimate of drug-likeness (QED) is 0.373. The second-order valence-electron chi connectivity index (χ2n) is 7.51. The molecule has 0 fully saturated rings.